The number of likely N-dealkylation sites (tertiary alicyclic amines) is 1. The first-order chi connectivity index (χ1) is 12.7. The molecule has 3 aliphatic rings. The fourth-order valence-corrected chi connectivity index (χ4v) is 5.41. The summed E-state index contributed by atoms with van der Waals surface area (Å²) in [5.41, 5.74) is 1.87. The second-order valence-electron chi connectivity index (χ2n) is 8.26. The zero-order chi connectivity index (χ0) is 18.1. The Kier molecular flexibility index (Phi) is 5.30. The van der Waals surface area contributed by atoms with Crippen molar-refractivity contribution in [1.29, 1.82) is 0 Å². The molecular weight excluding hydrogens is 328 g/mol. The van der Waals surface area contributed by atoms with E-state index in [-0.39, 0.29) is 25.2 Å². The predicted molar refractivity (Wildman–Crippen MR) is 99.5 cm³/mol. The van der Waals surface area contributed by atoms with Crippen molar-refractivity contribution in [3.63, 3.8) is 0 Å². The molecule has 1 aromatic carbocycles. The van der Waals surface area contributed by atoms with Crippen molar-refractivity contribution in [3.8, 4) is 0 Å². The first-order valence-corrected chi connectivity index (χ1v) is 10.0. The highest BCUT2D eigenvalue weighted by Gasteiger charge is 2.47. The molecule has 1 amide bonds. The van der Waals surface area contributed by atoms with E-state index < -0.39 is 0 Å². The van der Waals surface area contributed by atoms with Gasteiger partial charge in [0.1, 0.15) is 0 Å². The fraction of sp³-hybridized carbons (Fsp3) is 0.667. The quantitative estimate of drug-likeness (QED) is 0.854. The van der Waals surface area contributed by atoms with Crippen LogP contribution in [0.1, 0.15) is 36.8 Å². The fourth-order valence-electron chi connectivity index (χ4n) is 5.41. The minimum Gasteiger partial charge on any atom is -0.395 e. The Morgan fingerprint density at radius 2 is 1.77 bits per heavy atom. The molecule has 0 spiro atoms. The molecule has 4 atom stereocenters. The highest BCUT2D eigenvalue weighted by atomic mass is 16.3. The van der Waals surface area contributed by atoms with Crippen LogP contribution in [-0.2, 0) is 17.8 Å². The van der Waals surface area contributed by atoms with Crippen molar-refractivity contribution < 1.29 is 15.0 Å². The van der Waals surface area contributed by atoms with Gasteiger partial charge in [-0.1, -0.05) is 30.7 Å². The molecule has 5 nitrogen and oxygen atoms in total. The normalized spacial score (nSPS) is 31.5. The minimum absolute atomic E-state index is 0.0319. The van der Waals surface area contributed by atoms with Crippen LogP contribution in [0.25, 0.3) is 0 Å². The Bertz CT molecular complexity index is 619. The van der Waals surface area contributed by atoms with Crippen LogP contribution in [0.2, 0.25) is 0 Å². The lowest BCUT2D eigenvalue weighted by Crippen LogP contribution is -2.65. The van der Waals surface area contributed by atoms with Gasteiger partial charge in [-0.3, -0.25) is 9.69 Å². The van der Waals surface area contributed by atoms with Crippen LogP contribution in [0.15, 0.2) is 24.3 Å². The molecule has 3 saturated heterocycles. The number of aliphatic hydroxyl groups is 2. The van der Waals surface area contributed by atoms with Crippen molar-refractivity contribution in [2.24, 2.45) is 11.8 Å². The van der Waals surface area contributed by atoms with E-state index in [0.29, 0.717) is 24.3 Å². The molecule has 0 aromatic heterocycles. The van der Waals surface area contributed by atoms with Gasteiger partial charge in [0.05, 0.1) is 19.6 Å². The lowest BCUT2D eigenvalue weighted by Gasteiger charge is -2.56. The first kappa shape index (κ1) is 18.0. The third kappa shape index (κ3) is 3.40. The number of piperidine rings is 3. The molecule has 0 saturated carbocycles. The third-order valence-corrected chi connectivity index (χ3v) is 6.72. The van der Waals surface area contributed by atoms with Crippen LogP contribution in [0.4, 0.5) is 0 Å². The van der Waals surface area contributed by atoms with Gasteiger partial charge in [-0.15, -0.1) is 0 Å². The summed E-state index contributed by atoms with van der Waals surface area (Å²) in [6.45, 7) is 2.98. The van der Waals surface area contributed by atoms with Crippen LogP contribution in [0.3, 0.4) is 0 Å². The molecule has 26 heavy (non-hydrogen) atoms. The average Bonchev–Trinajstić information content (AvgIpc) is 2.69. The van der Waals surface area contributed by atoms with E-state index >= 15 is 0 Å². The summed E-state index contributed by atoms with van der Waals surface area (Å²) < 4.78 is 0. The number of carbonyl (C=O) groups excluding carboxylic acids is 1. The SMILES string of the molecule is O=C(Cc1ccc(CO)cc1)N1C[C@H]2C[C@@H](C1)[C@H](CO)N1CCCC[C@@H]21. The Morgan fingerprint density at radius 1 is 1.04 bits per heavy atom. The van der Waals surface area contributed by atoms with Gasteiger partial charge in [-0.2, -0.15) is 0 Å². The highest BCUT2D eigenvalue weighted by molar-refractivity contribution is 5.79. The van der Waals surface area contributed by atoms with E-state index in [1.165, 1.54) is 19.3 Å². The summed E-state index contributed by atoms with van der Waals surface area (Å²) in [6, 6.07) is 8.40. The molecule has 0 unspecified atom stereocenters. The largest absolute Gasteiger partial charge is 0.395 e. The number of fused-ring (bicyclic) bond motifs is 4. The number of amides is 1. The molecule has 0 aliphatic carbocycles. The highest BCUT2D eigenvalue weighted by Crippen LogP contribution is 2.41. The van der Waals surface area contributed by atoms with Gasteiger partial charge in [-0.25, -0.2) is 0 Å². The topological polar surface area (TPSA) is 64.0 Å². The van der Waals surface area contributed by atoms with E-state index in [1.807, 2.05) is 29.2 Å². The molecule has 4 rings (SSSR count). The van der Waals surface area contributed by atoms with Crippen LogP contribution in [-0.4, -0.2) is 64.2 Å². The van der Waals surface area contributed by atoms with Crippen LogP contribution in [0, 0.1) is 11.8 Å². The zero-order valence-electron chi connectivity index (χ0n) is 15.4. The Morgan fingerprint density at radius 3 is 2.50 bits per heavy atom. The first-order valence-electron chi connectivity index (χ1n) is 10.0. The van der Waals surface area contributed by atoms with Gasteiger partial charge in [0.25, 0.3) is 0 Å². The third-order valence-electron chi connectivity index (χ3n) is 6.72. The second kappa shape index (κ2) is 7.67. The Labute approximate surface area is 155 Å². The molecule has 3 fully saturated rings. The Hall–Kier alpha value is -1.43. The summed E-state index contributed by atoms with van der Waals surface area (Å²) in [5.74, 6) is 1.14. The molecule has 2 N–H and O–H groups in total. The van der Waals surface area contributed by atoms with Crippen molar-refractivity contribution in [1.82, 2.24) is 9.80 Å². The molecule has 5 heteroatoms. The maximum Gasteiger partial charge on any atom is 0.227 e. The van der Waals surface area contributed by atoms with Crippen molar-refractivity contribution >= 4 is 5.91 Å². The molecule has 1 aromatic rings. The summed E-state index contributed by atoms with van der Waals surface area (Å²) in [7, 11) is 0. The van der Waals surface area contributed by atoms with E-state index in [1.54, 1.807) is 0 Å². The molecule has 0 radical (unpaired) electrons. The molecule has 142 valence electrons. The number of hydrogen-bond acceptors (Lipinski definition) is 4. The van der Waals surface area contributed by atoms with Crippen molar-refractivity contribution in [2.45, 2.75) is 50.8 Å². The van der Waals surface area contributed by atoms with Crippen molar-refractivity contribution in [2.75, 3.05) is 26.2 Å². The van der Waals surface area contributed by atoms with E-state index in [4.69, 9.17) is 5.11 Å². The summed E-state index contributed by atoms with van der Waals surface area (Å²) in [4.78, 5) is 17.5. The summed E-state index contributed by atoms with van der Waals surface area (Å²) in [6.07, 6.45) is 5.29. The number of aliphatic hydroxyl groups excluding tert-OH is 2. The summed E-state index contributed by atoms with van der Waals surface area (Å²) >= 11 is 0. The van der Waals surface area contributed by atoms with Gasteiger partial charge >= 0.3 is 0 Å². The average molecular weight is 358 g/mol. The Balaban J connectivity index is 1.45. The predicted octanol–water partition coefficient (Wildman–Crippen LogP) is 1.42. The smallest absolute Gasteiger partial charge is 0.227 e. The number of hydrogen-bond donors (Lipinski definition) is 2. The number of nitrogens with zero attached hydrogens (tertiary/aromatic N) is 2. The standard InChI is InChI=1S/C21H30N2O3/c24-13-16-6-4-15(5-7-16)9-21(26)22-11-17-10-18(12-22)20(14-25)23-8-2-1-3-19(17)23/h4-7,17-20,24-25H,1-3,8-14H2/t17-,18+,19+,20+/m1/s1. The van der Waals surface area contributed by atoms with Crippen LogP contribution >= 0.6 is 0 Å². The molecule has 3 aliphatic heterocycles. The molecule has 3 heterocycles. The maximum atomic E-state index is 12.9. The number of carbonyl (C=O) groups is 1. The monoisotopic (exact) mass is 358 g/mol. The summed E-state index contributed by atoms with van der Waals surface area (Å²) in [5, 5.41) is 19.1. The van der Waals surface area contributed by atoms with E-state index in [9.17, 15) is 9.90 Å². The number of benzene rings is 1. The van der Waals surface area contributed by atoms with E-state index in [0.717, 1.165) is 37.2 Å². The van der Waals surface area contributed by atoms with Crippen molar-refractivity contribution in [3.05, 3.63) is 35.4 Å². The van der Waals surface area contributed by atoms with Crippen LogP contribution in [0.5, 0.6) is 0 Å². The number of rotatable bonds is 4. The van der Waals surface area contributed by atoms with E-state index in [2.05, 4.69) is 4.90 Å². The van der Waals surface area contributed by atoms with Gasteiger partial charge in [0.15, 0.2) is 0 Å². The molecule has 2 bridgehead atoms. The van der Waals surface area contributed by atoms with Gasteiger partial charge < -0.3 is 15.1 Å². The second-order valence-corrected chi connectivity index (χ2v) is 8.26. The van der Waals surface area contributed by atoms with Gasteiger partial charge in [0, 0.05) is 25.2 Å². The molecular formula is C21H30N2O3. The van der Waals surface area contributed by atoms with Gasteiger partial charge in [-0.05, 0) is 48.8 Å². The minimum atomic E-state index is 0.0319. The maximum absolute atomic E-state index is 12.9. The lowest BCUT2D eigenvalue weighted by atomic mass is 9.72. The zero-order valence-corrected chi connectivity index (χ0v) is 15.4. The van der Waals surface area contributed by atoms with Crippen LogP contribution < -0.4 is 0 Å². The lowest BCUT2D eigenvalue weighted by molar-refractivity contribution is -0.141. The van der Waals surface area contributed by atoms with Gasteiger partial charge in [0.2, 0.25) is 5.91 Å².